The first-order valence-corrected chi connectivity index (χ1v) is 6.86. The fourth-order valence-electron chi connectivity index (χ4n) is 1.70. The maximum Gasteiger partial charge on any atom is 0.213 e. The van der Waals surface area contributed by atoms with Gasteiger partial charge < -0.3 is 10.1 Å². The molecule has 0 unspecified atom stereocenters. The Labute approximate surface area is 110 Å². The lowest BCUT2D eigenvalue weighted by atomic mass is 10.1. The van der Waals surface area contributed by atoms with Crippen LogP contribution in [0.25, 0.3) is 0 Å². The van der Waals surface area contributed by atoms with E-state index in [1.165, 1.54) is 24.8 Å². The molecule has 1 aliphatic carbocycles. The minimum Gasteiger partial charge on any atom is -0.478 e. The van der Waals surface area contributed by atoms with Crippen LogP contribution in [0.1, 0.15) is 45.6 Å². The number of hydrogen-bond donors (Lipinski definition) is 1. The lowest BCUT2D eigenvalue weighted by Crippen LogP contribution is -2.35. The second-order valence-electron chi connectivity index (χ2n) is 6.19. The molecule has 0 bridgehead atoms. The standard InChI is InChI=1S/C15H24N2O/c1-15(2,3)17-11-13-6-7-14(16-10-13)18-9-8-12-4-5-12/h6-7,10,12,17H,4-5,8-9,11H2,1-3H3. The van der Waals surface area contributed by atoms with Crippen molar-refractivity contribution >= 4 is 0 Å². The molecule has 0 saturated heterocycles. The third-order valence-electron chi connectivity index (χ3n) is 3.09. The SMILES string of the molecule is CC(C)(C)NCc1ccc(OCCC2CC2)nc1. The van der Waals surface area contributed by atoms with Crippen LogP contribution in [0.3, 0.4) is 0 Å². The van der Waals surface area contributed by atoms with Crippen molar-refractivity contribution in [3.05, 3.63) is 23.9 Å². The van der Waals surface area contributed by atoms with Crippen LogP contribution in [0, 0.1) is 5.92 Å². The second-order valence-corrected chi connectivity index (χ2v) is 6.19. The molecule has 0 aliphatic heterocycles. The number of hydrogen-bond acceptors (Lipinski definition) is 3. The predicted molar refractivity (Wildman–Crippen MR) is 73.7 cm³/mol. The number of aromatic nitrogens is 1. The van der Waals surface area contributed by atoms with Crippen LogP contribution in [0.5, 0.6) is 5.88 Å². The van der Waals surface area contributed by atoms with Crippen molar-refractivity contribution in [2.45, 2.75) is 52.1 Å². The first kappa shape index (κ1) is 13.3. The fraction of sp³-hybridized carbons (Fsp3) is 0.667. The summed E-state index contributed by atoms with van der Waals surface area (Å²) in [7, 11) is 0. The van der Waals surface area contributed by atoms with Crippen molar-refractivity contribution in [1.82, 2.24) is 10.3 Å². The molecule has 0 atom stereocenters. The van der Waals surface area contributed by atoms with E-state index in [2.05, 4.69) is 37.1 Å². The molecule has 0 amide bonds. The number of nitrogens with one attached hydrogen (secondary N) is 1. The maximum atomic E-state index is 5.63. The Balaban J connectivity index is 1.73. The van der Waals surface area contributed by atoms with E-state index in [1.807, 2.05) is 12.3 Å². The third kappa shape index (κ3) is 5.05. The van der Waals surface area contributed by atoms with E-state index in [-0.39, 0.29) is 5.54 Å². The van der Waals surface area contributed by atoms with E-state index in [0.717, 1.165) is 24.9 Å². The Morgan fingerprint density at radius 3 is 2.67 bits per heavy atom. The average molecular weight is 248 g/mol. The summed E-state index contributed by atoms with van der Waals surface area (Å²) in [5.74, 6) is 1.66. The van der Waals surface area contributed by atoms with Gasteiger partial charge in [-0.2, -0.15) is 0 Å². The van der Waals surface area contributed by atoms with Crippen LogP contribution in [0.2, 0.25) is 0 Å². The van der Waals surface area contributed by atoms with Gasteiger partial charge >= 0.3 is 0 Å². The number of nitrogens with zero attached hydrogens (tertiary/aromatic N) is 1. The van der Waals surface area contributed by atoms with Gasteiger partial charge in [0.2, 0.25) is 5.88 Å². The molecule has 0 radical (unpaired) electrons. The molecule has 1 aliphatic rings. The minimum absolute atomic E-state index is 0.138. The number of ether oxygens (including phenoxy) is 1. The van der Waals surface area contributed by atoms with Crippen LogP contribution in [-0.2, 0) is 6.54 Å². The first-order chi connectivity index (χ1) is 8.53. The van der Waals surface area contributed by atoms with Crippen molar-refractivity contribution in [1.29, 1.82) is 0 Å². The second kappa shape index (κ2) is 5.70. The van der Waals surface area contributed by atoms with E-state index in [0.29, 0.717) is 0 Å². The first-order valence-electron chi connectivity index (χ1n) is 6.86. The average Bonchev–Trinajstić information content (AvgIpc) is 3.11. The van der Waals surface area contributed by atoms with Gasteiger partial charge in [-0.25, -0.2) is 4.98 Å². The van der Waals surface area contributed by atoms with Crippen molar-refractivity contribution in [2.24, 2.45) is 5.92 Å². The van der Waals surface area contributed by atoms with Gasteiger partial charge in [0, 0.05) is 24.3 Å². The molecular formula is C15H24N2O. The highest BCUT2D eigenvalue weighted by Gasteiger charge is 2.20. The van der Waals surface area contributed by atoms with Crippen molar-refractivity contribution in [3.8, 4) is 5.88 Å². The highest BCUT2D eigenvalue weighted by molar-refractivity contribution is 5.17. The summed E-state index contributed by atoms with van der Waals surface area (Å²) in [6.07, 6.45) is 5.84. The van der Waals surface area contributed by atoms with Crippen LogP contribution < -0.4 is 10.1 Å². The zero-order valence-corrected chi connectivity index (χ0v) is 11.7. The molecule has 1 aromatic rings. The van der Waals surface area contributed by atoms with Gasteiger partial charge in [-0.1, -0.05) is 18.9 Å². The molecule has 1 N–H and O–H groups in total. The minimum atomic E-state index is 0.138. The Bertz CT molecular complexity index is 363. The molecule has 1 heterocycles. The van der Waals surface area contributed by atoms with Gasteiger partial charge in [-0.05, 0) is 38.7 Å². The molecule has 100 valence electrons. The van der Waals surface area contributed by atoms with E-state index in [4.69, 9.17) is 4.74 Å². The molecule has 2 rings (SSSR count). The molecular weight excluding hydrogens is 224 g/mol. The molecule has 3 nitrogen and oxygen atoms in total. The lowest BCUT2D eigenvalue weighted by molar-refractivity contribution is 0.291. The van der Waals surface area contributed by atoms with Crippen LogP contribution in [-0.4, -0.2) is 17.1 Å². The monoisotopic (exact) mass is 248 g/mol. The Morgan fingerprint density at radius 1 is 1.33 bits per heavy atom. The Kier molecular flexibility index (Phi) is 4.23. The molecule has 18 heavy (non-hydrogen) atoms. The summed E-state index contributed by atoms with van der Waals surface area (Å²) in [5.41, 5.74) is 1.33. The third-order valence-corrected chi connectivity index (χ3v) is 3.09. The highest BCUT2D eigenvalue weighted by Crippen LogP contribution is 2.32. The predicted octanol–water partition coefficient (Wildman–Crippen LogP) is 3.15. The van der Waals surface area contributed by atoms with Gasteiger partial charge in [-0.3, -0.25) is 0 Å². The molecule has 0 spiro atoms. The molecule has 1 fully saturated rings. The van der Waals surface area contributed by atoms with Gasteiger partial charge in [0.05, 0.1) is 6.61 Å². The van der Waals surface area contributed by atoms with E-state index >= 15 is 0 Å². The maximum absolute atomic E-state index is 5.63. The highest BCUT2D eigenvalue weighted by atomic mass is 16.5. The molecule has 1 saturated carbocycles. The molecule has 1 aromatic heterocycles. The topological polar surface area (TPSA) is 34.1 Å². The number of rotatable bonds is 6. The van der Waals surface area contributed by atoms with Crippen molar-refractivity contribution < 1.29 is 4.74 Å². The number of pyridine rings is 1. The summed E-state index contributed by atoms with van der Waals surface area (Å²) >= 11 is 0. The molecule has 3 heteroatoms. The lowest BCUT2D eigenvalue weighted by Gasteiger charge is -2.20. The zero-order chi connectivity index (χ0) is 13.0. The Hall–Kier alpha value is -1.09. The molecule has 0 aromatic carbocycles. The Morgan fingerprint density at radius 2 is 2.11 bits per heavy atom. The van der Waals surface area contributed by atoms with Gasteiger partial charge in [0.1, 0.15) is 0 Å². The summed E-state index contributed by atoms with van der Waals surface area (Å²) < 4.78 is 5.63. The van der Waals surface area contributed by atoms with E-state index in [9.17, 15) is 0 Å². The van der Waals surface area contributed by atoms with Crippen LogP contribution in [0.4, 0.5) is 0 Å². The summed E-state index contributed by atoms with van der Waals surface area (Å²) in [4.78, 5) is 4.33. The van der Waals surface area contributed by atoms with Crippen LogP contribution >= 0.6 is 0 Å². The summed E-state index contributed by atoms with van der Waals surface area (Å²) in [6.45, 7) is 8.14. The van der Waals surface area contributed by atoms with E-state index in [1.54, 1.807) is 0 Å². The summed E-state index contributed by atoms with van der Waals surface area (Å²) in [5, 5.41) is 3.44. The van der Waals surface area contributed by atoms with Gasteiger partial charge in [0.15, 0.2) is 0 Å². The quantitative estimate of drug-likeness (QED) is 0.839. The largest absolute Gasteiger partial charge is 0.478 e. The van der Waals surface area contributed by atoms with Gasteiger partial charge in [0.25, 0.3) is 0 Å². The normalized spacial score (nSPS) is 15.7. The zero-order valence-electron chi connectivity index (χ0n) is 11.7. The van der Waals surface area contributed by atoms with E-state index < -0.39 is 0 Å². The smallest absolute Gasteiger partial charge is 0.213 e. The van der Waals surface area contributed by atoms with Crippen molar-refractivity contribution in [2.75, 3.05) is 6.61 Å². The van der Waals surface area contributed by atoms with Crippen molar-refractivity contribution in [3.63, 3.8) is 0 Å². The fourth-order valence-corrected chi connectivity index (χ4v) is 1.70. The van der Waals surface area contributed by atoms with Crippen LogP contribution in [0.15, 0.2) is 18.3 Å². The van der Waals surface area contributed by atoms with Gasteiger partial charge in [-0.15, -0.1) is 0 Å². The summed E-state index contributed by atoms with van der Waals surface area (Å²) in [6, 6.07) is 4.05.